The van der Waals surface area contributed by atoms with Crippen LogP contribution in [-0.2, 0) is 4.74 Å². The zero-order valence-electron chi connectivity index (χ0n) is 10.7. The Bertz CT molecular complexity index is 596. The zero-order valence-corrected chi connectivity index (χ0v) is 11.5. The van der Waals surface area contributed by atoms with Crippen molar-refractivity contribution in [1.82, 2.24) is 9.55 Å². The van der Waals surface area contributed by atoms with Gasteiger partial charge in [-0.1, -0.05) is 6.08 Å². The van der Waals surface area contributed by atoms with E-state index >= 15 is 0 Å². The second-order valence-corrected chi connectivity index (χ2v) is 5.44. The van der Waals surface area contributed by atoms with E-state index < -0.39 is 29.7 Å². The molecule has 1 fully saturated rings. The van der Waals surface area contributed by atoms with Crippen molar-refractivity contribution in [1.29, 1.82) is 0 Å². The summed E-state index contributed by atoms with van der Waals surface area (Å²) in [6.45, 7) is 3.24. The molecule has 8 heteroatoms. The van der Waals surface area contributed by atoms with E-state index in [2.05, 4.69) is 11.6 Å². The Morgan fingerprint density at radius 3 is 2.95 bits per heavy atom. The Morgan fingerprint density at radius 1 is 1.60 bits per heavy atom. The summed E-state index contributed by atoms with van der Waals surface area (Å²) in [4.78, 5) is 26.0. The SMILES string of the molecule is C=CCSc1cn([C@H]2C[C@H](O)[C@@H](CO)O2)c(=O)[nH]c1=O. The van der Waals surface area contributed by atoms with Gasteiger partial charge in [0.1, 0.15) is 12.3 Å². The Kier molecular flexibility index (Phi) is 4.81. The summed E-state index contributed by atoms with van der Waals surface area (Å²) in [6, 6.07) is 0. The summed E-state index contributed by atoms with van der Waals surface area (Å²) in [5.74, 6) is 0.536. The molecule has 0 aliphatic carbocycles. The molecule has 1 aliphatic rings. The minimum absolute atomic E-state index is 0.183. The minimum Gasteiger partial charge on any atom is -0.394 e. The lowest BCUT2D eigenvalue weighted by atomic mass is 10.2. The number of nitrogens with zero attached hydrogens (tertiary/aromatic N) is 1. The van der Waals surface area contributed by atoms with E-state index in [0.29, 0.717) is 10.6 Å². The number of rotatable bonds is 5. The number of ether oxygens (including phenoxy) is 1. The third-order valence-electron chi connectivity index (χ3n) is 2.99. The third-order valence-corrected chi connectivity index (χ3v) is 3.99. The first-order chi connectivity index (χ1) is 9.56. The average molecular weight is 300 g/mol. The number of aromatic amines is 1. The number of aliphatic hydroxyl groups excluding tert-OH is 2. The molecule has 1 aromatic rings. The van der Waals surface area contributed by atoms with Crippen molar-refractivity contribution in [3.8, 4) is 0 Å². The molecule has 3 atom stereocenters. The molecule has 0 saturated carbocycles. The first kappa shape index (κ1) is 15.0. The van der Waals surface area contributed by atoms with Crippen LogP contribution in [0.4, 0.5) is 0 Å². The van der Waals surface area contributed by atoms with Gasteiger partial charge in [0, 0.05) is 18.4 Å². The molecular formula is C12H16N2O5S. The normalized spacial score (nSPS) is 25.8. The van der Waals surface area contributed by atoms with Crippen LogP contribution in [-0.4, -0.2) is 44.3 Å². The van der Waals surface area contributed by atoms with E-state index in [-0.39, 0.29) is 13.0 Å². The average Bonchev–Trinajstić information content (AvgIpc) is 2.79. The summed E-state index contributed by atoms with van der Waals surface area (Å²) in [6.07, 6.45) is 0.984. The van der Waals surface area contributed by atoms with Gasteiger partial charge in [0.2, 0.25) is 0 Å². The predicted molar refractivity (Wildman–Crippen MR) is 73.9 cm³/mol. The van der Waals surface area contributed by atoms with Crippen LogP contribution < -0.4 is 11.2 Å². The van der Waals surface area contributed by atoms with Gasteiger partial charge in [-0.05, 0) is 0 Å². The first-order valence-corrected chi connectivity index (χ1v) is 7.09. The number of thioether (sulfide) groups is 1. The van der Waals surface area contributed by atoms with Crippen LogP contribution >= 0.6 is 11.8 Å². The van der Waals surface area contributed by atoms with Crippen molar-refractivity contribution in [2.75, 3.05) is 12.4 Å². The molecule has 1 saturated heterocycles. The van der Waals surface area contributed by atoms with Crippen LogP contribution in [0.25, 0.3) is 0 Å². The van der Waals surface area contributed by atoms with E-state index in [9.17, 15) is 14.7 Å². The van der Waals surface area contributed by atoms with E-state index in [1.54, 1.807) is 6.08 Å². The van der Waals surface area contributed by atoms with Gasteiger partial charge in [0.25, 0.3) is 5.56 Å². The summed E-state index contributed by atoms with van der Waals surface area (Å²) < 4.78 is 6.63. The van der Waals surface area contributed by atoms with Crippen LogP contribution in [0.2, 0.25) is 0 Å². The van der Waals surface area contributed by atoms with Gasteiger partial charge in [-0.3, -0.25) is 14.3 Å². The highest BCUT2D eigenvalue weighted by atomic mass is 32.2. The monoisotopic (exact) mass is 300 g/mol. The van der Waals surface area contributed by atoms with Gasteiger partial charge < -0.3 is 14.9 Å². The lowest BCUT2D eigenvalue weighted by molar-refractivity contribution is -0.0461. The maximum Gasteiger partial charge on any atom is 0.330 e. The second-order valence-electron chi connectivity index (χ2n) is 4.37. The lowest BCUT2D eigenvalue weighted by Gasteiger charge is -2.15. The molecule has 2 heterocycles. The van der Waals surface area contributed by atoms with Crippen LogP contribution in [0.5, 0.6) is 0 Å². The van der Waals surface area contributed by atoms with Crippen LogP contribution in [0, 0.1) is 0 Å². The lowest BCUT2D eigenvalue weighted by Crippen LogP contribution is -2.33. The van der Waals surface area contributed by atoms with Crippen molar-refractivity contribution < 1.29 is 14.9 Å². The van der Waals surface area contributed by atoms with Crippen molar-refractivity contribution in [3.05, 3.63) is 39.7 Å². The van der Waals surface area contributed by atoms with Gasteiger partial charge in [0.05, 0.1) is 17.6 Å². The number of nitrogens with one attached hydrogen (secondary N) is 1. The number of H-pyrrole nitrogens is 1. The Labute approximate surface area is 118 Å². The van der Waals surface area contributed by atoms with E-state index in [4.69, 9.17) is 9.84 Å². The fraction of sp³-hybridized carbons (Fsp3) is 0.500. The molecule has 0 unspecified atom stereocenters. The second kappa shape index (κ2) is 6.40. The summed E-state index contributed by atoms with van der Waals surface area (Å²) >= 11 is 1.25. The molecule has 20 heavy (non-hydrogen) atoms. The molecule has 0 spiro atoms. The predicted octanol–water partition coefficient (Wildman–Crippen LogP) is -0.545. The van der Waals surface area contributed by atoms with Gasteiger partial charge in [-0.25, -0.2) is 4.79 Å². The fourth-order valence-electron chi connectivity index (χ4n) is 1.98. The van der Waals surface area contributed by atoms with E-state index in [1.807, 2.05) is 0 Å². The molecule has 0 aromatic carbocycles. The minimum atomic E-state index is -0.840. The molecule has 1 aromatic heterocycles. The molecule has 0 amide bonds. The molecule has 7 nitrogen and oxygen atoms in total. The maximum atomic E-state index is 11.8. The van der Waals surface area contributed by atoms with Crippen molar-refractivity contribution in [2.24, 2.45) is 0 Å². The highest BCUT2D eigenvalue weighted by molar-refractivity contribution is 7.99. The van der Waals surface area contributed by atoms with Gasteiger partial charge in [-0.2, -0.15) is 0 Å². The molecule has 0 bridgehead atoms. The first-order valence-electron chi connectivity index (χ1n) is 6.10. The summed E-state index contributed by atoms with van der Waals surface area (Å²) in [7, 11) is 0. The Balaban J connectivity index is 2.30. The highest BCUT2D eigenvalue weighted by Gasteiger charge is 2.35. The third kappa shape index (κ3) is 3.04. The Hall–Kier alpha value is -1.35. The number of hydrogen-bond donors (Lipinski definition) is 3. The molecular weight excluding hydrogens is 284 g/mol. The van der Waals surface area contributed by atoms with Crippen LogP contribution in [0.1, 0.15) is 12.6 Å². The van der Waals surface area contributed by atoms with Gasteiger partial charge in [-0.15, -0.1) is 18.3 Å². The standard InChI is InChI=1S/C12H16N2O5S/c1-2-3-20-9-5-14(12(18)13-11(9)17)10-4-7(16)8(6-15)19-10/h2,5,7-8,10,15-16H,1,3-4,6H2,(H,13,17,18)/t7-,8+,10+/m0/s1. The quantitative estimate of drug-likeness (QED) is 0.498. The topological polar surface area (TPSA) is 105 Å². The molecule has 1 aliphatic heterocycles. The highest BCUT2D eigenvalue weighted by Crippen LogP contribution is 2.27. The van der Waals surface area contributed by atoms with Crippen LogP contribution in [0.15, 0.2) is 33.3 Å². The summed E-state index contributed by atoms with van der Waals surface area (Å²) in [5.41, 5.74) is -1.07. The smallest absolute Gasteiger partial charge is 0.330 e. The number of aliphatic hydroxyl groups is 2. The van der Waals surface area contributed by atoms with E-state index in [1.165, 1.54) is 22.5 Å². The molecule has 3 N–H and O–H groups in total. The van der Waals surface area contributed by atoms with Gasteiger partial charge >= 0.3 is 5.69 Å². The maximum absolute atomic E-state index is 11.8. The number of hydrogen-bond acceptors (Lipinski definition) is 6. The van der Waals surface area contributed by atoms with Crippen molar-refractivity contribution >= 4 is 11.8 Å². The Morgan fingerprint density at radius 2 is 2.35 bits per heavy atom. The molecule has 2 rings (SSSR count). The van der Waals surface area contributed by atoms with E-state index in [0.717, 1.165) is 0 Å². The molecule has 110 valence electrons. The molecule has 0 radical (unpaired) electrons. The van der Waals surface area contributed by atoms with Crippen LogP contribution in [0.3, 0.4) is 0 Å². The zero-order chi connectivity index (χ0) is 14.7. The number of aromatic nitrogens is 2. The van der Waals surface area contributed by atoms with Crippen molar-refractivity contribution in [3.63, 3.8) is 0 Å². The fourth-order valence-corrected chi connectivity index (χ4v) is 2.65. The van der Waals surface area contributed by atoms with Gasteiger partial charge in [0.15, 0.2) is 0 Å². The largest absolute Gasteiger partial charge is 0.394 e. The van der Waals surface area contributed by atoms with Crippen molar-refractivity contribution in [2.45, 2.75) is 29.8 Å². The summed E-state index contributed by atoms with van der Waals surface area (Å²) in [5, 5.41) is 18.7.